The lowest BCUT2D eigenvalue weighted by atomic mass is 9.92. The molecule has 1 amide bonds. The van der Waals surface area contributed by atoms with E-state index in [-0.39, 0.29) is 5.91 Å². The van der Waals surface area contributed by atoms with E-state index in [1.54, 1.807) is 0 Å². The summed E-state index contributed by atoms with van der Waals surface area (Å²) in [4.78, 5) is 14.5. The average Bonchev–Trinajstić information content (AvgIpc) is 2.80. The van der Waals surface area contributed by atoms with Crippen LogP contribution in [-0.4, -0.2) is 37.0 Å². The molecule has 20 heavy (non-hydrogen) atoms. The van der Waals surface area contributed by atoms with Crippen molar-refractivity contribution in [1.29, 1.82) is 0 Å². The van der Waals surface area contributed by atoms with Gasteiger partial charge in [-0.3, -0.25) is 4.79 Å². The van der Waals surface area contributed by atoms with Crippen molar-refractivity contribution in [3.8, 4) is 0 Å². The van der Waals surface area contributed by atoms with Crippen LogP contribution >= 0.6 is 15.9 Å². The maximum absolute atomic E-state index is 12.4. The van der Waals surface area contributed by atoms with Gasteiger partial charge in [-0.25, -0.2) is 0 Å². The third-order valence-corrected chi connectivity index (χ3v) is 5.17. The number of nitrogens with zero attached hydrogens (tertiary/aromatic N) is 1. The molecule has 1 N–H and O–H groups in total. The zero-order valence-corrected chi connectivity index (χ0v) is 13.2. The Labute approximate surface area is 128 Å². The zero-order chi connectivity index (χ0) is 13.9. The van der Waals surface area contributed by atoms with Crippen LogP contribution < -0.4 is 5.32 Å². The fraction of sp³-hybridized carbons (Fsp3) is 0.562. The first-order valence-corrected chi connectivity index (χ1v) is 8.24. The maximum atomic E-state index is 12.4. The molecule has 2 aliphatic heterocycles. The van der Waals surface area contributed by atoms with Crippen molar-refractivity contribution in [3.63, 3.8) is 0 Å². The fourth-order valence-electron chi connectivity index (χ4n) is 3.36. The minimum Gasteiger partial charge on any atom is -0.342 e. The monoisotopic (exact) mass is 336 g/mol. The van der Waals surface area contributed by atoms with Crippen LogP contribution in [-0.2, 0) is 11.2 Å². The third kappa shape index (κ3) is 3.23. The predicted molar refractivity (Wildman–Crippen MR) is 83.5 cm³/mol. The van der Waals surface area contributed by atoms with Gasteiger partial charge in [0.25, 0.3) is 0 Å². The zero-order valence-electron chi connectivity index (χ0n) is 11.6. The largest absolute Gasteiger partial charge is 0.342 e. The topological polar surface area (TPSA) is 32.3 Å². The van der Waals surface area contributed by atoms with Crippen LogP contribution in [0.4, 0.5) is 0 Å². The Morgan fingerprint density at radius 3 is 2.35 bits per heavy atom. The van der Waals surface area contributed by atoms with Gasteiger partial charge in [-0.2, -0.15) is 0 Å². The number of fused-ring (bicyclic) bond motifs is 1. The Bertz CT molecular complexity index is 460. The van der Waals surface area contributed by atoms with Crippen LogP contribution in [0.5, 0.6) is 0 Å². The standard InChI is InChI=1S/C16H21BrN2O/c17-15-3-1-12(2-4-15)9-16(20)19-7-5-13-10-18-11-14(13)6-8-19/h1-4,13-14,18H,5-11H2/t13-,14+. The molecule has 0 saturated carbocycles. The molecule has 2 fully saturated rings. The van der Waals surface area contributed by atoms with Crippen LogP contribution in [0.25, 0.3) is 0 Å². The first kappa shape index (κ1) is 14.1. The van der Waals surface area contributed by atoms with E-state index in [4.69, 9.17) is 0 Å². The Kier molecular flexibility index (Phi) is 4.41. The van der Waals surface area contributed by atoms with E-state index in [0.29, 0.717) is 6.42 Å². The molecule has 0 spiro atoms. The summed E-state index contributed by atoms with van der Waals surface area (Å²) in [5.74, 6) is 1.83. The highest BCUT2D eigenvalue weighted by Crippen LogP contribution is 2.27. The smallest absolute Gasteiger partial charge is 0.226 e. The summed E-state index contributed by atoms with van der Waals surface area (Å²) in [7, 11) is 0. The second kappa shape index (κ2) is 6.27. The van der Waals surface area contributed by atoms with Crippen LogP contribution in [0, 0.1) is 11.8 Å². The Hall–Kier alpha value is -0.870. The number of nitrogens with one attached hydrogen (secondary N) is 1. The average molecular weight is 337 g/mol. The van der Waals surface area contributed by atoms with Crippen molar-refractivity contribution >= 4 is 21.8 Å². The van der Waals surface area contributed by atoms with Crippen molar-refractivity contribution in [2.75, 3.05) is 26.2 Å². The van der Waals surface area contributed by atoms with Crippen molar-refractivity contribution in [3.05, 3.63) is 34.3 Å². The first-order valence-electron chi connectivity index (χ1n) is 7.45. The van der Waals surface area contributed by atoms with Crippen molar-refractivity contribution < 1.29 is 4.79 Å². The number of carbonyl (C=O) groups is 1. The Morgan fingerprint density at radius 2 is 1.75 bits per heavy atom. The molecule has 0 aromatic heterocycles. The second-order valence-electron chi connectivity index (χ2n) is 5.94. The molecule has 2 heterocycles. The van der Waals surface area contributed by atoms with E-state index in [2.05, 4.69) is 26.1 Å². The van der Waals surface area contributed by atoms with Crippen molar-refractivity contribution in [2.24, 2.45) is 11.8 Å². The number of halogens is 1. The van der Waals surface area contributed by atoms with Gasteiger partial charge in [-0.1, -0.05) is 28.1 Å². The number of rotatable bonds is 2. The molecule has 0 aliphatic carbocycles. The Balaban J connectivity index is 1.58. The van der Waals surface area contributed by atoms with Gasteiger partial charge in [0.05, 0.1) is 6.42 Å². The lowest BCUT2D eigenvalue weighted by Gasteiger charge is -2.21. The van der Waals surface area contributed by atoms with Gasteiger partial charge in [0.15, 0.2) is 0 Å². The van der Waals surface area contributed by atoms with E-state index in [9.17, 15) is 4.79 Å². The first-order chi connectivity index (χ1) is 9.72. The number of hydrogen-bond donors (Lipinski definition) is 1. The molecular weight excluding hydrogens is 316 g/mol. The molecule has 2 atom stereocenters. The predicted octanol–water partition coefficient (Wildman–Crippen LogP) is 2.45. The van der Waals surface area contributed by atoms with Crippen LogP contribution in [0.2, 0.25) is 0 Å². The van der Waals surface area contributed by atoms with E-state index in [1.807, 2.05) is 24.3 Å². The van der Waals surface area contributed by atoms with Gasteiger partial charge in [0.2, 0.25) is 5.91 Å². The number of benzene rings is 1. The number of likely N-dealkylation sites (tertiary alicyclic amines) is 1. The normalized spacial score (nSPS) is 26.1. The SMILES string of the molecule is O=C(Cc1ccc(Br)cc1)N1CC[C@@H]2CNC[C@@H]2CC1. The van der Waals surface area contributed by atoms with Gasteiger partial charge >= 0.3 is 0 Å². The summed E-state index contributed by atoms with van der Waals surface area (Å²) >= 11 is 3.42. The van der Waals surface area contributed by atoms with Crippen LogP contribution in [0.15, 0.2) is 28.7 Å². The van der Waals surface area contributed by atoms with E-state index in [1.165, 1.54) is 0 Å². The lowest BCUT2D eigenvalue weighted by Crippen LogP contribution is -2.33. The van der Waals surface area contributed by atoms with Gasteiger partial charge < -0.3 is 10.2 Å². The summed E-state index contributed by atoms with van der Waals surface area (Å²) < 4.78 is 1.06. The molecule has 1 aromatic rings. The highest BCUT2D eigenvalue weighted by atomic mass is 79.9. The van der Waals surface area contributed by atoms with Crippen molar-refractivity contribution in [1.82, 2.24) is 10.2 Å². The van der Waals surface area contributed by atoms with Crippen LogP contribution in [0.3, 0.4) is 0 Å². The molecule has 2 saturated heterocycles. The quantitative estimate of drug-likeness (QED) is 0.899. The molecule has 4 heteroatoms. The van der Waals surface area contributed by atoms with Gasteiger partial charge in [-0.05, 0) is 55.5 Å². The van der Waals surface area contributed by atoms with E-state index < -0.39 is 0 Å². The molecular formula is C16H21BrN2O. The number of carbonyl (C=O) groups excluding carboxylic acids is 1. The molecule has 3 rings (SSSR count). The third-order valence-electron chi connectivity index (χ3n) is 4.64. The lowest BCUT2D eigenvalue weighted by molar-refractivity contribution is -0.130. The second-order valence-corrected chi connectivity index (χ2v) is 6.86. The fourth-order valence-corrected chi connectivity index (χ4v) is 3.62. The van der Waals surface area contributed by atoms with Gasteiger partial charge in [0, 0.05) is 17.6 Å². The molecule has 1 aromatic carbocycles. The molecule has 3 nitrogen and oxygen atoms in total. The Morgan fingerprint density at radius 1 is 1.15 bits per heavy atom. The molecule has 0 unspecified atom stereocenters. The van der Waals surface area contributed by atoms with Gasteiger partial charge in [-0.15, -0.1) is 0 Å². The summed E-state index contributed by atoms with van der Waals surface area (Å²) in [6.07, 6.45) is 2.84. The highest BCUT2D eigenvalue weighted by Gasteiger charge is 2.31. The van der Waals surface area contributed by atoms with Gasteiger partial charge in [0.1, 0.15) is 0 Å². The highest BCUT2D eigenvalue weighted by molar-refractivity contribution is 9.10. The summed E-state index contributed by atoms with van der Waals surface area (Å²) in [6, 6.07) is 8.05. The number of amides is 1. The summed E-state index contributed by atoms with van der Waals surface area (Å²) in [5, 5.41) is 3.47. The minimum absolute atomic E-state index is 0.278. The van der Waals surface area contributed by atoms with E-state index in [0.717, 1.165) is 60.9 Å². The number of hydrogen-bond acceptors (Lipinski definition) is 2. The molecule has 0 bridgehead atoms. The van der Waals surface area contributed by atoms with Crippen molar-refractivity contribution in [2.45, 2.75) is 19.3 Å². The van der Waals surface area contributed by atoms with Crippen LogP contribution in [0.1, 0.15) is 18.4 Å². The molecule has 108 valence electrons. The minimum atomic E-state index is 0.278. The molecule has 0 radical (unpaired) electrons. The maximum Gasteiger partial charge on any atom is 0.226 e. The summed E-state index contributed by atoms with van der Waals surface area (Å²) in [5.41, 5.74) is 1.10. The summed E-state index contributed by atoms with van der Waals surface area (Å²) in [6.45, 7) is 4.13. The molecule has 2 aliphatic rings. The van der Waals surface area contributed by atoms with E-state index >= 15 is 0 Å².